The molecule has 0 fully saturated rings. The summed E-state index contributed by atoms with van der Waals surface area (Å²) in [5.74, 6) is 0.0448. The first-order valence-electron chi connectivity index (χ1n) is 7.10. The van der Waals surface area contributed by atoms with Crippen molar-refractivity contribution in [1.29, 1.82) is 0 Å². The summed E-state index contributed by atoms with van der Waals surface area (Å²) in [6.45, 7) is 0. The number of rotatable bonds is 5. The van der Waals surface area contributed by atoms with Crippen molar-refractivity contribution in [2.75, 3.05) is 5.32 Å². The smallest absolute Gasteiger partial charge is 0.224 e. The van der Waals surface area contributed by atoms with Gasteiger partial charge in [-0.15, -0.1) is 11.3 Å². The highest BCUT2D eigenvalue weighted by molar-refractivity contribution is 9.10. The first-order chi connectivity index (χ1) is 10.7. The highest BCUT2D eigenvalue weighted by Crippen LogP contribution is 2.22. The van der Waals surface area contributed by atoms with Crippen LogP contribution in [0.2, 0.25) is 0 Å². The van der Waals surface area contributed by atoms with Crippen LogP contribution in [0.1, 0.15) is 17.8 Å². The number of aryl methyl sites for hydroxylation is 1. The summed E-state index contributed by atoms with van der Waals surface area (Å²) in [7, 11) is 0. The van der Waals surface area contributed by atoms with E-state index >= 15 is 0 Å². The lowest BCUT2D eigenvalue weighted by atomic mass is 10.2. The van der Waals surface area contributed by atoms with E-state index in [9.17, 15) is 4.79 Å². The zero-order valence-electron chi connectivity index (χ0n) is 11.9. The molecule has 0 aliphatic rings. The molecule has 3 aromatic rings. The Morgan fingerprint density at radius 1 is 1.14 bits per heavy atom. The van der Waals surface area contributed by atoms with Crippen molar-refractivity contribution in [3.05, 3.63) is 58.0 Å². The summed E-state index contributed by atoms with van der Waals surface area (Å²) in [4.78, 5) is 16.5. The van der Waals surface area contributed by atoms with Gasteiger partial charge in [0, 0.05) is 16.6 Å². The molecule has 0 unspecified atom stereocenters. The predicted molar refractivity (Wildman–Crippen MR) is 95.3 cm³/mol. The third kappa shape index (κ3) is 3.93. The molecule has 112 valence electrons. The minimum Gasteiger partial charge on any atom is -0.326 e. The summed E-state index contributed by atoms with van der Waals surface area (Å²) in [5.41, 5.74) is 1.87. The molecule has 5 heteroatoms. The fourth-order valence-electron chi connectivity index (χ4n) is 2.18. The van der Waals surface area contributed by atoms with Crippen LogP contribution in [0.3, 0.4) is 0 Å². The Balaban J connectivity index is 1.49. The van der Waals surface area contributed by atoms with E-state index in [2.05, 4.69) is 32.3 Å². The van der Waals surface area contributed by atoms with Gasteiger partial charge in [-0.3, -0.25) is 4.79 Å². The molecule has 3 nitrogen and oxygen atoms in total. The van der Waals surface area contributed by atoms with Crippen molar-refractivity contribution < 1.29 is 4.79 Å². The average Bonchev–Trinajstić information content (AvgIpc) is 2.92. The number of fused-ring (bicyclic) bond motifs is 1. The molecule has 1 aromatic heterocycles. The standard InChI is InChI=1S/C17H15BrN2OS/c18-12-8-10-13(11-9-12)19-16(21)6-3-7-17-20-14-4-1-2-5-15(14)22-17/h1-2,4-5,8-11H,3,6-7H2,(H,19,21). The van der Waals surface area contributed by atoms with Gasteiger partial charge in [-0.2, -0.15) is 0 Å². The van der Waals surface area contributed by atoms with Gasteiger partial charge in [-0.25, -0.2) is 4.98 Å². The number of nitrogens with zero attached hydrogens (tertiary/aromatic N) is 1. The van der Waals surface area contributed by atoms with Crippen LogP contribution >= 0.6 is 27.3 Å². The maximum atomic E-state index is 11.9. The van der Waals surface area contributed by atoms with E-state index in [4.69, 9.17) is 0 Å². The van der Waals surface area contributed by atoms with Crippen molar-refractivity contribution in [3.8, 4) is 0 Å². The van der Waals surface area contributed by atoms with Crippen molar-refractivity contribution in [1.82, 2.24) is 4.98 Å². The van der Waals surface area contributed by atoms with Crippen LogP contribution in [0.25, 0.3) is 10.2 Å². The van der Waals surface area contributed by atoms with Crippen LogP contribution in [0, 0.1) is 0 Å². The molecule has 1 heterocycles. The molecule has 3 rings (SSSR count). The van der Waals surface area contributed by atoms with Gasteiger partial charge in [0.15, 0.2) is 0 Å². The minimum atomic E-state index is 0.0448. The number of hydrogen-bond acceptors (Lipinski definition) is 3. The van der Waals surface area contributed by atoms with E-state index in [1.165, 1.54) is 4.70 Å². The molecule has 0 spiro atoms. The van der Waals surface area contributed by atoms with E-state index in [1.54, 1.807) is 11.3 Å². The third-order valence-corrected chi connectivity index (χ3v) is 4.89. The van der Waals surface area contributed by atoms with Crippen LogP contribution in [-0.2, 0) is 11.2 Å². The lowest BCUT2D eigenvalue weighted by molar-refractivity contribution is -0.116. The Bertz CT molecular complexity index is 750. The molecule has 1 N–H and O–H groups in total. The van der Waals surface area contributed by atoms with E-state index < -0.39 is 0 Å². The molecule has 0 radical (unpaired) electrons. The third-order valence-electron chi connectivity index (χ3n) is 3.26. The normalized spacial score (nSPS) is 10.8. The van der Waals surface area contributed by atoms with Crippen molar-refractivity contribution in [2.45, 2.75) is 19.3 Å². The Hall–Kier alpha value is -1.72. The maximum absolute atomic E-state index is 11.9. The number of halogens is 1. The lowest BCUT2D eigenvalue weighted by Gasteiger charge is -2.04. The van der Waals surface area contributed by atoms with Crippen LogP contribution in [0.5, 0.6) is 0 Å². The maximum Gasteiger partial charge on any atom is 0.224 e. The number of aromatic nitrogens is 1. The molecular formula is C17H15BrN2OS. The monoisotopic (exact) mass is 374 g/mol. The fraction of sp³-hybridized carbons (Fsp3) is 0.176. The Kier molecular flexibility index (Phi) is 4.85. The van der Waals surface area contributed by atoms with Crippen LogP contribution in [0.4, 0.5) is 5.69 Å². The van der Waals surface area contributed by atoms with Gasteiger partial charge in [-0.1, -0.05) is 28.1 Å². The summed E-state index contributed by atoms with van der Waals surface area (Å²) in [6.07, 6.45) is 2.15. The van der Waals surface area contributed by atoms with Gasteiger partial charge in [-0.05, 0) is 49.2 Å². The number of anilines is 1. The fourth-order valence-corrected chi connectivity index (χ4v) is 3.46. The summed E-state index contributed by atoms with van der Waals surface area (Å²) in [5, 5.41) is 4.00. The number of para-hydroxylation sites is 1. The Morgan fingerprint density at radius 3 is 2.68 bits per heavy atom. The molecule has 0 saturated carbocycles. The number of amides is 1. The van der Waals surface area contributed by atoms with Crippen molar-refractivity contribution >= 4 is 49.1 Å². The molecule has 0 aliphatic heterocycles. The van der Waals surface area contributed by atoms with E-state index in [0.717, 1.165) is 33.5 Å². The molecule has 0 saturated heterocycles. The van der Waals surface area contributed by atoms with E-state index in [1.807, 2.05) is 42.5 Å². The molecule has 2 aromatic carbocycles. The molecule has 1 amide bonds. The predicted octanol–water partition coefficient (Wildman–Crippen LogP) is 5.02. The minimum absolute atomic E-state index is 0.0448. The number of carbonyl (C=O) groups is 1. The van der Waals surface area contributed by atoms with Gasteiger partial charge in [0.25, 0.3) is 0 Å². The van der Waals surface area contributed by atoms with Gasteiger partial charge < -0.3 is 5.32 Å². The van der Waals surface area contributed by atoms with Crippen molar-refractivity contribution in [2.24, 2.45) is 0 Å². The average molecular weight is 375 g/mol. The van der Waals surface area contributed by atoms with Crippen LogP contribution < -0.4 is 5.32 Å². The second-order valence-electron chi connectivity index (χ2n) is 4.98. The Morgan fingerprint density at radius 2 is 1.91 bits per heavy atom. The largest absolute Gasteiger partial charge is 0.326 e. The highest BCUT2D eigenvalue weighted by atomic mass is 79.9. The topological polar surface area (TPSA) is 42.0 Å². The molecule has 0 atom stereocenters. The number of thiazole rings is 1. The number of hydrogen-bond donors (Lipinski definition) is 1. The second-order valence-corrected chi connectivity index (χ2v) is 7.01. The zero-order chi connectivity index (χ0) is 15.4. The molecule has 0 aliphatic carbocycles. The van der Waals surface area contributed by atoms with Gasteiger partial charge in [0.2, 0.25) is 5.91 Å². The zero-order valence-corrected chi connectivity index (χ0v) is 14.3. The lowest BCUT2D eigenvalue weighted by Crippen LogP contribution is -2.11. The SMILES string of the molecule is O=C(CCCc1nc2ccccc2s1)Nc1ccc(Br)cc1. The van der Waals surface area contributed by atoms with Crippen LogP contribution in [0.15, 0.2) is 53.0 Å². The Labute approximate surface area is 141 Å². The van der Waals surface area contributed by atoms with Crippen LogP contribution in [-0.4, -0.2) is 10.9 Å². The summed E-state index contributed by atoms with van der Waals surface area (Å²) < 4.78 is 2.21. The highest BCUT2D eigenvalue weighted by Gasteiger charge is 2.06. The van der Waals surface area contributed by atoms with E-state index in [0.29, 0.717) is 6.42 Å². The van der Waals surface area contributed by atoms with E-state index in [-0.39, 0.29) is 5.91 Å². The summed E-state index contributed by atoms with van der Waals surface area (Å²) >= 11 is 5.08. The first-order valence-corrected chi connectivity index (χ1v) is 8.71. The second kappa shape index (κ2) is 7.03. The molecule has 0 bridgehead atoms. The number of carbonyl (C=O) groups excluding carboxylic acids is 1. The first kappa shape index (κ1) is 15.2. The van der Waals surface area contributed by atoms with Crippen molar-refractivity contribution in [3.63, 3.8) is 0 Å². The molecule has 22 heavy (non-hydrogen) atoms. The number of nitrogens with one attached hydrogen (secondary N) is 1. The van der Waals surface area contributed by atoms with Gasteiger partial charge in [0.1, 0.15) is 0 Å². The molecular weight excluding hydrogens is 360 g/mol. The quantitative estimate of drug-likeness (QED) is 0.680. The van der Waals surface area contributed by atoms with Gasteiger partial charge in [0.05, 0.1) is 15.2 Å². The number of benzene rings is 2. The van der Waals surface area contributed by atoms with Gasteiger partial charge >= 0.3 is 0 Å². The summed E-state index contributed by atoms with van der Waals surface area (Å²) in [6, 6.07) is 15.7.